The summed E-state index contributed by atoms with van der Waals surface area (Å²) in [5.41, 5.74) is -1.46. The zero-order valence-electron chi connectivity index (χ0n) is 15.4. The molecule has 1 unspecified atom stereocenters. The van der Waals surface area contributed by atoms with Gasteiger partial charge >= 0.3 is 11.9 Å². The molecule has 1 amide bonds. The van der Waals surface area contributed by atoms with E-state index in [0.717, 1.165) is 19.3 Å². The summed E-state index contributed by atoms with van der Waals surface area (Å²) in [4.78, 5) is 34.9. The molecule has 0 radical (unpaired) electrons. The van der Waals surface area contributed by atoms with Crippen LogP contribution in [0.15, 0.2) is 0 Å². The van der Waals surface area contributed by atoms with E-state index in [4.69, 9.17) is 9.84 Å². The number of carbonyl (C=O) groups is 3. The van der Waals surface area contributed by atoms with Crippen molar-refractivity contribution < 1.29 is 24.2 Å². The van der Waals surface area contributed by atoms with E-state index in [9.17, 15) is 14.4 Å². The number of unbranched alkanes of at least 4 members (excludes halogenated alkanes) is 7. The van der Waals surface area contributed by atoms with Crippen molar-refractivity contribution in [3.63, 3.8) is 0 Å². The van der Waals surface area contributed by atoms with Crippen molar-refractivity contribution in [2.75, 3.05) is 6.61 Å². The molecule has 0 aliphatic carbocycles. The number of carbonyl (C=O) groups excluding carboxylic acids is 2. The molecule has 0 fully saturated rings. The van der Waals surface area contributed by atoms with Gasteiger partial charge in [-0.3, -0.25) is 9.59 Å². The molecule has 0 aliphatic heterocycles. The van der Waals surface area contributed by atoms with Gasteiger partial charge in [0, 0.05) is 6.92 Å². The summed E-state index contributed by atoms with van der Waals surface area (Å²) in [5, 5.41) is 11.7. The maximum absolute atomic E-state index is 12.3. The van der Waals surface area contributed by atoms with Gasteiger partial charge < -0.3 is 15.2 Å². The molecule has 0 aliphatic rings. The van der Waals surface area contributed by atoms with Crippen molar-refractivity contribution in [3.05, 3.63) is 0 Å². The third kappa shape index (κ3) is 9.53. The van der Waals surface area contributed by atoms with Crippen LogP contribution in [0, 0.1) is 0 Å². The minimum absolute atomic E-state index is 0.150. The van der Waals surface area contributed by atoms with Gasteiger partial charge in [0.2, 0.25) is 5.91 Å². The normalized spacial score (nSPS) is 13.1. The number of esters is 1. The molecule has 0 aromatic rings. The van der Waals surface area contributed by atoms with Gasteiger partial charge in [-0.15, -0.1) is 0 Å². The van der Waals surface area contributed by atoms with E-state index in [2.05, 4.69) is 12.2 Å². The Bertz CT molecular complexity index is 379. The first-order valence-electron chi connectivity index (χ1n) is 9.05. The number of nitrogens with one attached hydrogen (secondary N) is 1. The molecule has 6 nitrogen and oxygen atoms in total. The van der Waals surface area contributed by atoms with Crippen molar-refractivity contribution in [1.29, 1.82) is 0 Å². The van der Waals surface area contributed by atoms with E-state index in [0.29, 0.717) is 6.42 Å². The number of aliphatic carboxylic acids is 1. The second kappa shape index (κ2) is 12.8. The Kier molecular flexibility index (Phi) is 11.9. The van der Waals surface area contributed by atoms with Crippen molar-refractivity contribution in [2.24, 2.45) is 0 Å². The van der Waals surface area contributed by atoms with Gasteiger partial charge in [-0.05, 0) is 13.3 Å². The first-order valence-corrected chi connectivity index (χ1v) is 9.05. The third-order valence-electron chi connectivity index (χ3n) is 3.99. The van der Waals surface area contributed by atoms with Crippen LogP contribution in [0.3, 0.4) is 0 Å². The lowest BCUT2D eigenvalue weighted by Gasteiger charge is -2.30. The van der Waals surface area contributed by atoms with E-state index in [-0.39, 0.29) is 13.0 Å². The van der Waals surface area contributed by atoms with Gasteiger partial charge in [0.05, 0.1) is 13.0 Å². The molecular formula is C18H33NO5. The standard InChI is InChI=1S/C18H33NO5/c1-4-6-7-8-9-10-11-12-13-18(14-16(21)22,19-15(3)20)17(23)24-5-2/h4-14H2,1-3H3,(H,19,20)(H,21,22). The molecule has 0 bridgehead atoms. The first-order chi connectivity index (χ1) is 11.4. The number of rotatable bonds is 14. The van der Waals surface area contributed by atoms with Crippen molar-refractivity contribution >= 4 is 17.8 Å². The first kappa shape index (κ1) is 22.4. The average Bonchev–Trinajstić information content (AvgIpc) is 2.48. The Morgan fingerprint density at radius 3 is 1.96 bits per heavy atom. The van der Waals surface area contributed by atoms with Crippen LogP contribution in [-0.2, 0) is 19.1 Å². The molecule has 0 saturated heterocycles. The van der Waals surface area contributed by atoms with E-state index in [1.807, 2.05) is 0 Å². The number of amides is 1. The van der Waals surface area contributed by atoms with Crippen LogP contribution >= 0.6 is 0 Å². The second-order valence-corrected chi connectivity index (χ2v) is 6.28. The fourth-order valence-corrected chi connectivity index (χ4v) is 2.85. The third-order valence-corrected chi connectivity index (χ3v) is 3.99. The summed E-state index contributed by atoms with van der Waals surface area (Å²) in [7, 11) is 0. The lowest BCUT2D eigenvalue weighted by molar-refractivity contribution is -0.158. The summed E-state index contributed by atoms with van der Waals surface area (Å²) in [6.07, 6.45) is 8.54. The number of carboxylic acid groups (broad SMARTS) is 1. The van der Waals surface area contributed by atoms with Crippen LogP contribution in [0.5, 0.6) is 0 Å². The van der Waals surface area contributed by atoms with Crippen LogP contribution in [0.2, 0.25) is 0 Å². The zero-order valence-corrected chi connectivity index (χ0v) is 15.4. The van der Waals surface area contributed by atoms with Crippen LogP contribution in [0.1, 0.15) is 85.0 Å². The second-order valence-electron chi connectivity index (χ2n) is 6.28. The van der Waals surface area contributed by atoms with Gasteiger partial charge in [0.25, 0.3) is 0 Å². The molecule has 24 heavy (non-hydrogen) atoms. The summed E-state index contributed by atoms with van der Waals surface area (Å²) in [6.45, 7) is 5.27. The fraction of sp³-hybridized carbons (Fsp3) is 0.833. The van der Waals surface area contributed by atoms with Gasteiger partial charge in [-0.1, -0.05) is 58.3 Å². The van der Waals surface area contributed by atoms with Gasteiger partial charge in [-0.25, -0.2) is 4.79 Å². The molecule has 0 aromatic carbocycles. The Morgan fingerprint density at radius 2 is 1.50 bits per heavy atom. The maximum atomic E-state index is 12.3. The topological polar surface area (TPSA) is 92.7 Å². The molecule has 0 aromatic heterocycles. The maximum Gasteiger partial charge on any atom is 0.332 e. The largest absolute Gasteiger partial charge is 0.481 e. The zero-order chi connectivity index (χ0) is 18.4. The highest BCUT2D eigenvalue weighted by Gasteiger charge is 2.42. The molecule has 0 spiro atoms. The van der Waals surface area contributed by atoms with Crippen LogP contribution in [0.25, 0.3) is 0 Å². The highest BCUT2D eigenvalue weighted by Crippen LogP contribution is 2.23. The summed E-state index contributed by atoms with van der Waals surface area (Å²) in [5.74, 6) is -2.22. The van der Waals surface area contributed by atoms with Crippen molar-refractivity contribution in [1.82, 2.24) is 5.32 Å². The minimum atomic E-state index is -1.46. The summed E-state index contributed by atoms with van der Waals surface area (Å²) < 4.78 is 5.01. The Balaban J connectivity index is 4.59. The van der Waals surface area contributed by atoms with Gasteiger partial charge in [0.15, 0.2) is 0 Å². The highest BCUT2D eigenvalue weighted by atomic mass is 16.5. The lowest BCUT2D eigenvalue weighted by Crippen LogP contribution is -2.56. The van der Waals surface area contributed by atoms with E-state index in [1.54, 1.807) is 6.92 Å². The molecule has 0 saturated carbocycles. The predicted octanol–water partition coefficient (Wildman–Crippen LogP) is 3.43. The number of carboxylic acids is 1. The molecule has 140 valence electrons. The van der Waals surface area contributed by atoms with Gasteiger partial charge in [0.1, 0.15) is 5.54 Å². The summed E-state index contributed by atoms with van der Waals surface area (Å²) in [6, 6.07) is 0. The fourth-order valence-electron chi connectivity index (χ4n) is 2.85. The molecule has 6 heteroatoms. The molecular weight excluding hydrogens is 310 g/mol. The lowest BCUT2D eigenvalue weighted by atomic mass is 9.88. The Labute approximate surface area is 145 Å². The van der Waals surface area contributed by atoms with Crippen molar-refractivity contribution in [2.45, 2.75) is 90.5 Å². The quantitative estimate of drug-likeness (QED) is 0.372. The number of ether oxygens (including phenoxy) is 1. The predicted molar refractivity (Wildman–Crippen MR) is 92.7 cm³/mol. The van der Waals surface area contributed by atoms with E-state index < -0.39 is 29.8 Å². The molecule has 2 N–H and O–H groups in total. The van der Waals surface area contributed by atoms with E-state index in [1.165, 1.54) is 32.6 Å². The van der Waals surface area contributed by atoms with E-state index >= 15 is 0 Å². The van der Waals surface area contributed by atoms with Crippen LogP contribution in [-0.4, -0.2) is 35.1 Å². The minimum Gasteiger partial charge on any atom is -0.481 e. The van der Waals surface area contributed by atoms with Gasteiger partial charge in [-0.2, -0.15) is 0 Å². The SMILES string of the molecule is CCCCCCCCCCC(CC(=O)O)(NC(C)=O)C(=O)OCC. The molecule has 0 rings (SSSR count). The smallest absolute Gasteiger partial charge is 0.332 e. The monoisotopic (exact) mass is 343 g/mol. The van der Waals surface area contributed by atoms with Crippen LogP contribution in [0.4, 0.5) is 0 Å². The van der Waals surface area contributed by atoms with Crippen LogP contribution < -0.4 is 5.32 Å². The molecule has 0 heterocycles. The molecule has 1 atom stereocenters. The number of hydrogen-bond acceptors (Lipinski definition) is 4. The number of hydrogen-bond donors (Lipinski definition) is 2. The average molecular weight is 343 g/mol. The Hall–Kier alpha value is -1.59. The van der Waals surface area contributed by atoms with Crippen molar-refractivity contribution in [3.8, 4) is 0 Å². The highest BCUT2D eigenvalue weighted by molar-refractivity contribution is 5.91. The Morgan fingerprint density at radius 1 is 0.958 bits per heavy atom. The summed E-state index contributed by atoms with van der Waals surface area (Å²) >= 11 is 0.